The van der Waals surface area contributed by atoms with Gasteiger partial charge in [0, 0.05) is 34.8 Å². The summed E-state index contributed by atoms with van der Waals surface area (Å²) in [5.74, 6) is 0.0102. The van der Waals surface area contributed by atoms with E-state index in [0.29, 0.717) is 17.7 Å². The molecule has 1 unspecified atom stereocenters. The normalized spacial score (nSPS) is 11.8. The molecule has 0 fully saturated rings. The summed E-state index contributed by atoms with van der Waals surface area (Å²) < 4.78 is 15.6. The van der Waals surface area contributed by atoms with Crippen molar-refractivity contribution in [3.8, 4) is 0 Å². The smallest absolute Gasteiger partial charge is 0.243 e. The minimum atomic E-state index is -0.764. The molecule has 3 aromatic rings. The van der Waals surface area contributed by atoms with Crippen molar-refractivity contribution in [2.45, 2.75) is 44.6 Å². The number of hydrogen-bond acceptors (Lipinski definition) is 3. The second-order valence-electron chi connectivity index (χ2n) is 8.60. The van der Waals surface area contributed by atoms with E-state index in [4.69, 9.17) is 0 Å². The third-order valence-electron chi connectivity index (χ3n) is 5.41. The van der Waals surface area contributed by atoms with Gasteiger partial charge in [-0.15, -0.1) is 11.8 Å². The Morgan fingerprint density at radius 1 is 0.943 bits per heavy atom. The topological polar surface area (TPSA) is 49.4 Å². The third kappa shape index (κ3) is 8.51. The van der Waals surface area contributed by atoms with Gasteiger partial charge in [-0.2, -0.15) is 0 Å². The summed E-state index contributed by atoms with van der Waals surface area (Å²) in [5, 5.41) is 2.95. The van der Waals surface area contributed by atoms with E-state index < -0.39 is 11.9 Å². The van der Waals surface area contributed by atoms with Crippen molar-refractivity contribution in [2.24, 2.45) is 0 Å². The fourth-order valence-corrected chi connectivity index (χ4v) is 4.80. The Bertz CT molecular complexity index is 1110. The van der Waals surface area contributed by atoms with Crippen LogP contribution < -0.4 is 5.32 Å². The van der Waals surface area contributed by atoms with Crippen LogP contribution in [-0.2, 0) is 28.3 Å². The zero-order valence-corrected chi connectivity index (χ0v) is 22.3. The molecule has 0 spiro atoms. The van der Waals surface area contributed by atoms with Crippen LogP contribution >= 0.6 is 27.7 Å². The van der Waals surface area contributed by atoms with Gasteiger partial charge in [0.2, 0.25) is 11.8 Å². The Morgan fingerprint density at radius 3 is 2.26 bits per heavy atom. The highest BCUT2D eigenvalue weighted by Crippen LogP contribution is 2.20. The second-order valence-corrected chi connectivity index (χ2v) is 10.5. The molecule has 184 valence electrons. The zero-order valence-electron chi connectivity index (χ0n) is 19.9. The number of carbonyl (C=O) groups is 2. The molecule has 0 bridgehead atoms. The Balaban J connectivity index is 1.85. The van der Waals surface area contributed by atoms with Gasteiger partial charge in [0.05, 0.1) is 5.75 Å². The fraction of sp³-hybridized carbons (Fsp3) is 0.286. The Hall–Kier alpha value is -2.64. The van der Waals surface area contributed by atoms with E-state index in [-0.39, 0.29) is 30.2 Å². The molecule has 1 N–H and O–H groups in total. The Morgan fingerprint density at radius 2 is 1.60 bits per heavy atom. The molecule has 0 saturated heterocycles. The SMILES string of the molecule is CC(C)NC(=O)C(Cc1ccccc1)N(Cc1ccccc1F)C(=O)CSCc1ccc(Br)cc1. The lowest BCUT2D eigenvalue weighted by molar-refractivity contribution is -0.139. The molecule has 0 heterocycles. The molecule has 1 atom stereocenters. The van der Waals surface area contributed by atoms with Crippen molar-refractivity contribution in [1.82, 2.24) is 10.2 Å². The van der Waals surface area contributed by atoms with E-state index in [9.17, 15) is 14.0 Å². The predicted octanol–water partition coefficient (Wildman–Crippen LogP) is 5.99. The van der Waals surface area contributed by atoms with Crippen molar-refractivity contribution in [2.75, 3.05) is 5.75 Å². The van der Waals surface area contributed by atoms with Crippen molar-refractivity contribution in [3.05, 3.63) is 106 Å². The molecule has 7 heteroatoms. The number of nitrogens with one attached hydrogen (secondary N) is 1. The molecule has 3 rings (SSSR count). The van der Waals surface area contributed by atoms with Crippen LogP contribution in [0.15, 0.2) is 83.3 Å². The Labute approximate surface area is 219 Å². The first-order valence-corrected chi connectivity index (χ1v) is 13.5. The van der Waals surface area contributed by atoms with Crippen molar-refractivity contribution in [1.29, 1.82) is 0 Å². The molecule has 2 amide bonds. The molecular formula is C28H30BrFN2O2S. The van der Waals surface area contributed by atoms with Gasteiger partial charge in [0.15, 0.2) is 0 Å². The molecule has 35 heavy (non-hydrogen) atoms. The number of hydrogen-bond donors (Lipinski definition) is 1. The highest BCUT2D eigenvalue weighted by molar-refractivity contribution is 9.10. The lowest BCUT2D eigenvalue weighted by Crippen LogP contribution is -2.52. The van der Waals surface area contributed by atoms with Crippen LogP contribution in [0.3, 0.4) is 0 Å². The maximum atomic E-state index is 14.6. The summed E-state index contributed by atoms with van der Waals surface area (Å²) in [6.07, 6.45) is 0.344. The molecule has 0 aromatic heterocycles. The lowest BCUT2D eigenvalue weighted by atomic mass is 10.0. The highest BCUT2D eigenvalue weighted by atomic mass is 79.9. The van der Waals surface area contributed by atoms with Crippen molar-refractivity contribution in [3.63, 3.8) is 0 Å². The summed E-state index contributed by atoms with van der Waals surface area (Å²) in [7, 11) is 0. The number of amides is 2. The van der Waals surface area contributed by atoms with E-state index in [2.05, 4.69) is 21.2 Å². The van der Waals surface area contributed by atoms with E-state index in [1.807, 2.05) is 68.4 Å². The maximum Gasteiger partial charge on any atom is 0.243 e. The minimum Gasteiger partial charge on any atom is -0.352 e. The average Bonchev–Trinajstić information content (AvgIpc) is 2.83. The van der Waals surface area contributed by atoms with E-state index in [1.54, 1.807) is 18.2 Å². The van der Waals surface area contributed by atoms with E-state index in [1.165, 1.54) is 22.7 Å². The number of rotatable bonds is 11. The second kappa shape index (κ2) is 13.4. The predicted molar refractivity (Wildman–Crippen MR) is 144 cm³/mol. The Kier molecular flexibility index (Phi) is 10.4. The molecule has 0 aliphatic heterocycles. The average molecular weight is 558 g/mol. The zero-order chi connectivity index (χ0) is 25.2. The van der Waals surface area contributed by atoms with Gasteiger partial charge in [-0.25, -0.2) is 4.39 Å². The summed E-state index contributed by atoms with van der Waals surface area (Å²) in [6, 6.07) is 23.1. The van der Waals surface area contributed by atoms with Crippen LogP contribution in [-0.4, -0.2) is 34.6 Å². The standard InChI is InChI=1S/C28H30BrFN2O2S/c1-20(2)31-28(34)26(16-21-8-4-3-5-9-21)32(17-23-10-6-7-11-25(23)30)27(33)19-35-18-22-12-14-24(29)15-13-22/h3-15,20,26H,16-19H2,1-2H3,(H,31,34). The molecule has 4 nitrogen and oxygen atoms in total. The fourth-order valence-electron chi connectivity index (χ4n) is 3.66. The van der Waals surface area contributed by atoms with Gasteiger partial charge in [-0.1, -0.05) is 76.6 Å². The molecule has 0 saturated carbocycles. The van der Waals surface area contributed by atoms with E-state index >= 15 is 0 Å². The number of nitrogens with zero attached hydrogens (tertiary/aromatic N) is 1. The largest absolute Gasteiger partial charge is 0.352 e. The summed E-state index contributed by atoms with van der Waals surface area (Å²) in [5.41, 5.74) is 2.42. The highest BCUT2D eigenvalue weighted by Gasteiger charge is 2.31. The van der Waals surface area contributed by atoms with Crippen LogP contribution in [0, 0.1) is 5.82 Å². The number of carbonyl (C=O) groups excluding carboxylic acids is 2. The first-order chi connectivity index (χ1) is 16.8. The van der Waals surface area contributed by atoms with Crippen LogP contribution in [0.4, 0.5) is 4.39 Å². The summed E-state index contributed by atoms with van der Waals surface area (Å²) in [4.78, 5) is 28.3. The van der Waals surface area contributed by atoms with Gasteiger partial charge >= 0.3 is 0 Å². The summed E-state index contributed by atoms with van der Waals surface area (Å²) in [6.45, 7) is 3.79. The monoisotopic (exact) mass is 556 g/mol. The van der Waals surface area contributed by atoms with Gasteiger partial charge in [-0.3, -0.25) is 9.59 Å². The van der Waals surface area contributed by atoms with Crippen molar-refractivity contribution < 1.29 is 14.0 Å². The molecular weight excluding hydrogens is 527 g/mol. The van der Waals surface area contributed by atoms with Gasteiger partial charge < -0.3 is 10.2 Å². The number of thioether (sulfide) groups is 1. The van der Waals surface area contributed by atoms with E-state index in [0.717, 1.165) is 15.6 Å². The molecule has 0 aliphatic rings. The maximum absolute atomic E-state index is 14.6. The van der Waals surface area contributed by atoms with Gasteiger partial charge in [0.25, 0.3) is 0 Å². The first-order valence-electron chi connectivity index (χ1n) is 11.5. The number of halogens is 2. The first kappa shape index (κ1) is 27.0. The van der Waals surface area contributed by atoms with Crippen LogP contribution in [0.1, 0.15) is 30.5 Å². The third-order valence-corrected chi connectivity index (χ3v) is 6.93. The van der Waals surface area contributed by atoms with Crippen LogP contribution in [0.5, 0.6) is 0 Å². The van der Waals surface area contributed by atoms with Gasteiger partial charge in [0.1, 0.15) is 11.9 Å². The van der Waals surface area contributed by atoms with Crippen LogP contribution in [0.2, 0.25) is 0 Å². The lowest BCUT2D eigenvalue weighted by Gasteiger charge is -2.32. The quantitative estimate of drug-likeness (QED) is 0.315. The van der Waals surface area contributed by atoms with Gasteiger partial charge in [-0.05, 0) is 43.2 Å². The molecule has 0 aliphatic carbocycles. The minimum absolute atomic E-state index is 0.0212. The summed E-state index contributed by atoms with van der Waals surface area (Å²) >= 11 is 4.91. The molecule has 3 aromatic carbocycles. The molecule has 0 radical (unpaired) electrons. The number of benzene rings is 3. The van der Waals surface area contributed by atoms with Crippen molar-refractivity contribution >= 4 is 39.5 Å². The van der Waals surface area contributed by atoms with Crippen LogP contribution in [0.25, 0.3) is 0 Å².